The minimum atomic E-state index is -0.524. The number of aliphatic hydroxyl groups excluding tert-OH is 1. The van der Waals surface area contributed by atoms with Gasteiger partial charge in [0.25, 0.3) is 11.5 Å². The second-order valence-corrected chi connectivity index (χ2v) is 14.2. The van der Waals surface area contributed by atoms with E-state index in [4.69, 9.17) is 4.74 Å². The van der Waals surface area contributed by atoms with Gasteiger partial charge in [-0.15, -0.1) is 11.3 Å². The van der Waals surface area contributed by atoms with Gasteiger partial charge in [0.15, 0.2) is 0 Å². The highest BCUT2D eigenvalue weighted by Crippen LogP contribution is 2.41. The molecular formula is C36H39FN6O4S. The molecule has 12 heteroatoms. The van der Waals surface area contributed by atoms with E-state index in [-0.39, 0.29) is 17.2 Å². The minimum Gasteiger partial charge on any atom is -0.392 e. The zero-order valence-corrected chi connectivity index (χ0v) is 27.8. The lowest BCUT2D eigenvalue weighted by Crippen LogP contribution is -2.56. The minimum absolute atomic E-state index is 0.144. The van der Waals surface area contributed by atoms with E-state index in [2.05, 4.69) is 20.1 Å². The summed E-state index contributed by atoms with van der Waals surface area (Å²) in [5.74, 6) is -0.160. The first-order valence-corrected chi connectivity index (χ1v) is 17.6. The molecule has 0 bridgehead atoms. The number of hydrogen-bond acceptors (Lipinski definition) is 9. The van der Waals surface area contributed by atoms with E-state index in [1.54, 1.807) is 35.5 Å². The number of ether oxygens (including phenoxy) is 1. The van der Waals surface area contributed by atoms with Crippen molar-refractivity contribution < 1.29 is 19.0 Å². The van der Waals surface area contributed by atoms with Crippen molar-refractivity contribution in [3.8, 4) is 11.1 Å². The standard InChI is InChI=1S/C36H39FN6O4S/c1-40-18-22(14-30(35(40)45)39-33-7-6-24(17-38-33)41-10-12-42(13-11-41)25-20-47-21-25)28-15-23(37)16-31(29(28)19-44)43-9-8-27-26-4-2-3-5-32(26)48-34(27)36(43)46/h6-7,14-18,25,44H,2-5,8-13,19-21H2,1H3,(H,38,39). The number of anilines is 4. The Morgan fingerprint density at radius 1 is 1.02 bits per heavy atom. The zero-order valence-electron chi connectivity index (χ0n) is 27.0. The Morgan fingerprint density at radius 3 is 2.56 bits per heavy atom. The van der Waals surface area contributed by atoms with Crippen molar-refractivity contribution in [3.05, 3.63) is 85.3 Å². The number of piperazine rings is 1. The molecule has 2 N–H and O–H groups in total. The van der Waals surface area contributed by atoms with E-state index in [0.29, 0.717) is 47.2 Å². The summed E-state index contributed by atoms with van der Waals surface area (Å²) in [6.45, 7) is 5.44. The number of aliphatic hydroxyl groups is 1. The number of rotatable bonds is 7. The quantitative estimate of drug-likeness (QED) is 0.297. The molecule has 250 valence electrons. The number of aryl methyl sites for hydroxylation is 2. The van der Waals surface area contributed by atoms with Crippen molar-refractivity contribution >= 4 is 40.1 Å². The number of fused-ring (bicyclic) bond motifs is 3. The van der Waals surface area contributed by atoms with Gasteiger partial charge in [0.1, 0.15) is 17.3 Å². The molecule has 0 unspecified atom stereocenters. The third kappa shape index (κ3) is 5.60. The summed E-state index contributed by atoms with van der Waals surface area (Å²) < 4.78 is 22.1. The lowest BCUT2D eigenvalue weighted by Gasteiger charge is -2.43. The molecule has 3 aromatic heterocycles. The van der Waals surface area contributed by atoms with Crippen molar-refractivity contribution in [2.24, 2.45) is 7.05 Å². The second kappa shape index (κ2) is 12.7. The molecular weight excluding hydrogens is 631 g/mol. The van der Waals surface area contributed by atoms with Gasteiger partial charge in [0, 0.05) is 62.0 Å². The Labute approximate surface area is 282 Å². The predicted octanol–water partition coefficient (Wildman–Crippen LogP) is 4.49. The molecule has 8 rings (SSSR count). The molecule has 10 nitrogen and oxygen atoms in total. The fourth-order valence-corrected chi connectivity index (χ4v) is 8.93. The van der Waals surface area contributed by atoms with Crippen LogP contribution in [0.1, 0.15) is 44.1 Å². The number of hydrogen-bond donors (Lipinski definition) is 2. The topological polar surface area (TPSA) is 103 Å². The van der Waals surface area contributed by atoms with Crippen molar-refractivity contribution in [2.45, 2.75) is 44.8 Å². The molecule has 0 spiro atoms. The van der Waals surface area contributed by atoms with Crippen LogP contribution in [-0.2, 0) is 37.7 Å². The van der Waals surface area contributed by atoms with Gasteiger partial charge in [-0.05, 0) is 79.1 Å². The van der Waals surface area contributed by atoms with Gasteiger partial charge in [-0.25, -0.2) is 9.37 Å². The molecule has 0 radical (unpaired) electrons. The molecule has 4 aromatic rings. The number of carbonyl (C=O) groups excluding carboxylic acids is 1. The van der Waals surface area contributed by atoms with Crippen molar-refractivity contribution in [1.82, 2.24) is 14.5 Å². The van der Waals surface area contributed by atoms with Crippen LogP contribution in [0.2, 0.25) is 0 Å². The first kappa shape index (κ1) is 31.2. The third-order valence-corrected chi connectivity index (χ3v) is 11.6. The summed E-state index contributed by atoms with van der Waals surface area (Å²) in [4.78, 5) is 40.1. The van der Waals surface area contributed by atoms with Gasteiger partial charge in [0.05, 0.1) is 48.3 Å². The average Bonchev–Trinajstić information content (AvgIpc) is 3.46. The highest BCUT2D eigenvalue weighted by atomic mass is 32.1. The third-order valence-electron chi connectivity index (χ3n) is 10.3. The Bertz CT molecular complexity index is 1930. The van der Waals surface area contributed by atoms with Gasteiger partial charge < -0.3 is 29.5 Å². The maximum absolute atomic E-state index is 15.4. The van der Waals surface area contributed by atoms with Crippen LogP contribution in [0.4, 0.5) is 27.3 Å². The van der Waals surface area contributed by atoms with Gasteiger partial charge >= 0.3 is 0 Å². The molecule has 0 atom stereocenters. The lowest BCUT2D eigenvalue weighted by atomic mass is 9.91. The molecule has 48 heavy (non-hydrogen) atoms. The highest BCUT2D eigenvalue weighted by molar-refractivity contribution is 7.14. The van der Waals surface area contributed by atoms with E-state index < -0.39 is 12.4 Å². The number of aromatic nitrogens is 2. The monoisotopic (exact) mass is 670 g/mol. The maximum atomic E-state index is 15.4. The van der Waals surface area contributed by atoms with E-state index in [1.165, 1.54) is 27.1 Å². The fourth-order valence-electron chi connectivity index (χ4n) is 7.55. The highest BCUT2D eigenvalue weighted by Gasteiger charge is 2.34. The van der Waals surface area contributed by atoms with Crippen LogP contribution in [0.15, 0.2) is 47.5 Å². The second-order valence-electron chi connectivity index (χ2n) is 13.1. The smallest absolute Gasteiger partial charge is 0.274 e. The predicted molar refractivity (Wildman–Crippen MR) is 185 cm³/mol. The van der Waals surface area contributed by atoms with Crippen LogP contribution in [0, 0.1) is 5.82 Å². The number of nitrogens with one attached hydrogen (secondary N) is 1. The van der Waals surface area contributed by atoms with Crippen molar-refractivity contribution in [1.29, 1.82) is 0 Å². The normalized spacial score (nSPS) is 18.4. The summed E-state index contributed by atoms with van der Waals surface area (Å²) >= 11 is 1.57. The Morgan fingerprint density at radius 2 is 1.83 bits per heavy atom. The summed E-state index contributed by atoms with van der Waals surface area (Å²) in [6.07, 6.45) is 8.43. The molecule has 3 aliphatic heterocycles. The Balaban J connectivity index is 1.06. The molecule has 2 saturated heterocycles. The number of pyridine rings is 2. The van der Waals surface area contributed by atoms with Gasteiger partial charge in [-0.1, -0.05) is 0 Å². The Kier molecular flexibility index (Phi) is 8.27. The summed E-state index contributed by atoms with van der Waals surface area (Å²) in [6, 6.07) is 8.73. The van der Waals surface area contributed by atoms with Crippen LogP contribution in [0.25, 0.3) is 11.1 Å². The number of amides is 1. The van der Waals surface area contributed by atoms with E-state index >= 15 is 4.39 Å². The molecule has 4 aliphatic rings. The number of halogens is 1. The first-order chi connectivity index (χ1) is 23.4. The van der Waals surface area contributed by atoms with Gasteiger partial charge in [-0.3, -0.25) is 14.5 Å². The van der Waals surface area contributed by atoms with Crippen molar-refractivity contribution in [3.63, 3.8) is 0 Å². The molecule has 6 heterocycles. The van der Waals surface area contributed by atoms with Crippen LogP contribution in [0.3, 0.4) is 0 Å². The van der Waals surface area contributed by atoms with Crippen LogP contribution in [-0.4, -0.2) is 77.4 Å². The Hall–Kier alpha value is -4.10. The SMILES string of the molecule is Cn1cc(-c2cc(F)cc(N3CCc4c(sc5c4CCCC5)C3=O)c2CO)cc(Nc2ccc(N3CCN(C4COC4)CC3)cn2)c1=O. The van der Waals surface area contributed by atoms with E-state index in [9.17, 15) is 14.7 Å². The van der Waals surface area contributed by atoms with Crippen molar-refractivity contribution in [2.75, 3.05) is 61.1 Å². The molecule has 0 saturated carbocycles. The van der Waals surface area contributed by atoms with Crippen LogP contribution >= 0.6 is 11.3 Å². The molecule has 1 aliphatic carbocycles. The van der Waals surface area contributed by atoms with Gasteiger partial charge in [0.2, 0.25) is 0 Å². The largest absolute Gasteiger partial charge is 0.392 e. The number of carbonyl (C=O) groups is 1. The van der Waals surface area contributed by atoms with E-state index in [1.807, 2.05) is 18.3 Å². The summed E-state index contributed by atoms with van der Waals surface area (Å²) in [7, 11) is 1.63. The summed E-state index contributed by atoms with van der Waals surface area (Å²) in [5.41, 5.74) is 5.25. The zero-order chi connectivity index (χ0) is 32.9. The molecule has 2 fully saturated rings. The van der Waals surface area contributed by atoms with Gasteiger partial charge in [-0.2, -0.15) is 0 Å². The maximum Gasteiger partial charge on any atom is 0.274 e. The molecule has 1 amide bonds. The molecule has 1 aromatic carbocycles. The average molecular weight is 671 g/mol. The lowest BCUT2D eigenvalue weighted by molar-refractivity contribution is -0.0660. The number of benzene rings is 1. The fraction of sp³-hybridized carbons (Fsp3) is 0.417. The summed E-state index contributed by atoms with van der Waals surface area (Å²) in [5, 5.41) is 13.8. The number of thiophene rings is 1. The number of nitrogens with zero attached hydrogens (tertiary/aromatic N) is 5. The van der Waals surface area contributed by atoms with Crippen LogP contribution in [0.5, 0.6) is 0 Å². The first-order valence-electron chi connectivity index (χ1n) is 16.8. The van der Waals surface area contributed by atoms with Crippen LogP contribution < -0.4 is 20.7 Å². The van der Waals surface area contributed by atoms with E-state index in [0.717, 1.165) is 81.2 Å².